The summed E-state index contributed by atoms with van der Waals surface area (Å²) in [7, 11) is 4.17. The van der Waals surface area contributed by atoms with Crippen molar-refractivity contribution in [1.29, 1.82) is 0 Å². The third-order valence-electron chi connectivity index (χ3n) is 2.93. The molecule has 0 saturated heterocycles. The monoisotopic (exact) mass is 247 g/mol. The number of nitrogens with zero attached hydrogens (tertiary/aromatic N) is 1. The van der Waals surface area contributed by atoms with Crippen LogP contribution < -0.4 is 0 Å². The van der Waals surface area contributed by atoms with Crippen LogP contribution in [0.2, 0.25) is 0 Å². The second-order valence-electron chi connectivity index (χ2n) is 5.12. The van der Waals surface area contributed by atoms with E-state index in [2.05, 4.69) is 25.9 Å². The van der Waals surface area contributed by atoms with Crippen LogP contribution in [0.25, 0.3) is 0 Å². The number of halogens is 1. The molecular weight excluding hydrogens is 218 g/mol. The van der Waals surface area contributed by atoms with E-state index in [9.17, 15) is 0 Å². The molecule has 0 N–H and O–H groups in total. The van der Waals surface area contributed by atoms with Crippen LogP contribution in [0.1, 0.15) is 64.7 Å². The van der Waals surface area contributed by atoms with Gasteiger partial charge in [0.05, 0.1) is 0 Å². The predicted molar refractivity (Wildman–Crippen MR) is 75.4 cm³/mol. The molecule has 0 aromatic carbocycles. The molecule has 0 spiro atoms. The van der Waals surface area contributed by atoms with Crippen molar-refractivity contribution in [3.05, 3.63) is 0 Å². The fourth-order valence-electron chi connectivity index (χ4n) is 1.99. The Morgan fingerprint density at radius 3 is 1.88 bits per heavy atom. The molecule has 16 heavy (non-hydrogen) atoms. The summed E-state index contributed by atoms with van der Waals surface area (Å²) in [5.74, 6) is 0. The van der Waals surface area contributed by atoms with E-state index in [1.54, 1.807) is 0 Å². The molecule has 1 nitrogen and oxygen atoms in total. The minimum atomic E-state index is 0.343. The Hall–Kier alpha value is 0.250. The standard InChI is InChI=1S/C14H30ClN/c1-4-5-6-7-8-9-10-11-12-14(15)13-16(2)3/h14H,4-13H2,1-3H3. The van der Waals surface area contributed by atoms with Gasteiger partial charge in [-0.1, -0.05) is 58.3 Å². The van der Waals surface area contributed by atoms with E-state index >= 15 is 0 Å². The van der Waals surface area contributed by atoms with Crippen molar-refractivity contribution in [3.63, 3.8) is 0 Å². The lowest BCUT2D eigenvalue weighted by molar-refractivity contribution is 0.393. The van der Waals surface area contributed by atoms with E-state index in [-0.39, 0.29) is 0 Å². The first-order valence-electron chi connectivity index (χ1n) is 6.95. The Kier molecular flexibility index (Phi) is 11.9. The SMILES string of the molecule is CCCCCCCCCCC(Cl)CN(C)C. The second kappa shape index (κ2) is 11.7. The Bertz CT molecular complexity index is 137. The average Bonchev–Trinajstić information content (AvgIpc) is 2.21. The van der Waals surface area contributed by atoms with Crippen LogP contribution in [-0.2, 0) is 0 Å². The highest BCUT2D eigenvalue weighted by Crippen LogP contribution is 2.13. The van der Waals surface area contributed by atoms with Crippen LogP contribution in [0.5, 0.6) is 0 Å². The van der Waals surface area contributed by atoms with Crippen LogP contribution in [0.4, 0.5) is 0 Å². The number of hydrogen-bond donors (Lipinski definition) is 0. The summed E-state index contributed by atoms with van der Waals surface area (Å²) in [6.07, 6.45) is 12.3. The molecule has 0 aromatic rings. The van der Waals surface area contributed by atoms with Gasteiger partial charge in [0.1, 0.15) is 0 Å². The highest BCUT2D eigenvalue weighted by Gasteiger charge is 2.04. The van der Waals surface area contributed by atoms with Crippen molar-refractivity contribution in [2.24, 2.45) is 0 Å². The molecule has 98 valence electrons. The molecule has 0 fully saturated rings. The summed E-state index contributed by atoms with van der Waals surface area (Å²) in [5.41, 5.74) is 0. The average molecular weight is 248 g/mol. The predicted octanol–water partition coefficient (Wildman–Crippen LogP) is 4.69. The summed E-state index contributed by atoms with van der Waals surface area (Å²) >= 11 is 6.22. The number of hydrogen-bond acceptors (Lipinski definition) is 1. The van der Waals surface area contributed by atoms with Gasteiger partial charge in [0, 0.05) is 11.9 Å². The minimum Gasteiger partial charge on any atom is -0.308 e. The van der Waals surface area contributed by atoms with Crippen molar-refractivity contribution in [2.45, 2.75) is 70.1 Å². The summed E-state index contributed by atoms with van der Waals surface area (Å²) in [6, 6.07) is 0. The van der Waals surface area contributed by atoms with Gasteiger partial charge in [-0.25, -0.2) is 0 Å². The normalized spacial score (nSPS) is 13.3. The van der Waals surface area contributed by atoms with E-state index in [1.165, 1.54) is 57.8 Å². The minimum absolute atomic E-state index is 0.343. The molecule has 1 atom stereocenters. The van der Waals surface area contributed by atoms with Crippen LogP contribution >= 0.6 is 11.6 Å². The van der Waals surface area contributed by atoms with E-state index < -0.39 is 0 Å². The molecular formula is C14H30ClN. The molecule has 0 bridgehead atoms. The molecule has 0 aliphatic rings. The molecule has 2 heteroatoms. The largest absolute Gasteiger partial charge is 0.308 e. The van der Waals surface area contributed by atoms with Crippen LogP contribution in [0, 0.1) is 0 Å². The van der Waals surface area contributed by atoms with Crippen molar-refractivity contribution in [1.82, 2.24) is 4.90 Å². The van der Waals surface area contributed by atoms with Crippen LogP contribution in [0.15, 0.2) is 0 Å². The van der Waals surface area contributed by atoms with Crippen molar-refractivity contribution in [2.75, 3.05) is 20.6 Å². The first-order chi connectivity index (χ1) is 7.66. The second-order valence-corrected chi connectivity index (χ2v) is 5.74. The van der Waals surface area contributed by atoms with Crippen molar-refractivity contribution < 1.29 is 0 Å². The molecule has 0 radical (unpaired) electrons. The lowest BCUT2D eigenvalue weighted by Crippen LogP contribution is -2.21. The smallest absolute Gasteiger partial charge is 0.0462 e. The molecule has 0 aliphatic carbocycles. The molecule has 0 heterocycles. The Morgan fingerprint density at radius 2 is 1.38 bits per heavy atom. The number of alkyl halides is 1. The zero-order valence-corrected chi connectivity index (χ0v) is 12.2. The quantitative estimate of drug-likeness (QED) is 0.378. The molecule has 0 aliphatic heterocycles. The highest BCUT2D eigenvalue weighted by molar-refractivity contribution is 6.20. The molecule has 1 unspecified atom stereocenters. The fraction of sp³-hybridized carbons (Fsp3) is 1.00. The van der Waals surface area contributed by atoms with E-state index in [1.807, 2.05) is 0 Å². The van der Waals surface area contributed by atoms with E-state index in [0.717, 1.165) is 6.54 Å². The zero-order chi connectivity index (χ0) is 12.2. The highest BCUT2D eigenvalue weighted by atomic mass is 35.5. The van der Waals surface area contributed by atoms with E-state index in [0.29, 0.717) is 5.38 Å². The Labute approximate surface area is 108 Å². The summed E-state index contributed by atoms with van der Waals surface area (Å²) < 4.78 is 0. The van der Waals surface area contributed by atoms with Gasteiger partial charge in [-0.2, -0.15) is 0 Å². The third-order valence-corrected chi connectivity index (χ3v) is 3.29. The maximum atomic E-state index is 6.22. The van der Waals surface area contributed by atoms with Gasteiger partial charge in [-0.05, 0) is 20.5 Å². The number of unbranched alkanes of at least 4 members (excludes halogenated alkanes) is 7. The van der Waals surface area contributed by atoms with Crippen LogP contribution in [-0.4, -0.2) is 30.9 Å². The van der Waals surface area contributed by atoms with Gasteiger partial charge in [-0.15, -0.1) is 11.6 Å². The Balaban J connectivity index is 3.08. The zero-order valence-electron chi connectivity index (χ0n) is 11.5. The fourth-order valence-corrected chi connectivity index (χ4v) is 2.42. The topological polar surface area (TPSA) is 3.24 Å². The first kappa shape index (κ1) is 16.2. The lowest BCUT2D eigenvalue weighted by Gasteiger charge is -2.14. The first-order valence-corrected chi connectivity index (χ1v) is 7.39. The third kappa shape index (κ3) is 12.3. The van der Waals surface area contributed by atoms with Gasteiger partial charge >= 0.3 is 0 Å². The van der Waals surface area contributed by atoms with Crippen LogP contribution in [0.3, 0.4) is 0 Å². The van der Waals surface area contributed by atoms with Gasteiger partial charge < -0.3 is 4.90 Å². The maximum absolute atomic E-state index is 6.22. The number of rotatable bonds is 11. The van der Waals surface area contributed by atoms with Gasteiger partial charge in [0.15, 0.2) is 0 Å². The maximum Gasteiger partial charge on any atom is 0.0462 e. The van der Waals surface area contributed by atoms with Crippen molar-refractivity contribution >= 4 is 11.6 Å². The summed E-state index contributed by atoms with van der Waals surface area (Å²) in [5, 5.41) is 0.343. The Morgan fingerprint density at radius 1 is 0.875 bits per heavy atom. The van der Waals surface area contributed by atoms with E-state index in [4.69, 9.17) is 11.6 Å². The van der Waals surface area contributed by atoms with Gasteiger partial charge in [-0.3, -0.25) is 0 Å². The molecule has 0 aromatic heterocycles. The summed E-state index contributed by atoms with van der Waals surface area (Å²) in [6.45, 7) is 3.28. The molecule has 0 saturated carbocycles. The van der Waals surface area contributed by atoms with Gasteiger partial charge in [0.2, 0.25) is 0 Å². The van der Waals surface area contributed by atoms with Gasteiger partial charge in [0.25, 0.3) is 0 Å². The molecule has 0 rings (SSSR count). The lowest BCUT2D eigenvalue weighted by atomic mass is 10.1. The summed E-state index contributed by atoms with van der Waals surface area (Å²) in [4.78, 5) is 2.17. The van der Waals surface area contributed by atoms with Crippen molar-refractivity contribution in [3.8, 4) is 0 Å². The molecule has 0 amide bonds.